The number of nitriles is 1. The molecule has 0 radical (unpaired) electrons. The van der Waals surface area contributed by atoms with Crippen LogP contribution in [0.15, 0.2) is 34.9 Å². The third-order valence-corrected chi connectivity index (χ3v) is 5.40. The summed E-state index contributed by atoms with van der Waals surface area (Å²) in [6.45, 7) is 2.39. The summed E-state index contributed by atoms with van der Waals surface area (Å²) in [4.78, 5) is 28.7. The highest BCUT2D eigenvalue weighted by Gasteiger charge is 2.31. The van der Waals surface area contributed by atoms with Gasteiger partial charge in [-0.25, -0.2) is 0 Å². The molecule has 1 aromatic carbocycles. The summed E-state index contributed by atoms with van der Waals surface area (Å²) in [5.74, 6) is -0.100. The Kier molecular flexibility index (Phi) is 4.82. The van der Waals surface area contributed by atoms with Crippen LogP contribution in [-0.4, -0.2) is 59.9 Å². The Morgan fingerprint density at radius 2 is 2.15 bits per heavy atom. The average Bonchev–Trinajstić information content (AvgIpc) is 3.41. The molecule has 4 rings (SSSR count). The van der Waals surface area contributed by atoms with Gasteiger partial charge in [0, 0.05) is 36.6 Å². The predicted molar refractivity (Wildman–Crippen MR) is 98.9 cm³/mol. The molecule has 7 nitrogen and oxygen atoms in total. The molecule has 0 spiro atoms. The number of fused-ring (bicyclic) bond motifs is 1. The Bertz CT molecular complexity index is 900. The summed E-state index contributed by atoms with van der Waals surface area (Å²) in [6, 6.07) is 9.15. The van der Waals surface area contributed by atoms with Gasteiger partial charge in [-0.15, -0.1) is 0 Å². The van der Waals surface area contributed by atoms with Crippen molar-refractivity contribution in [2.24, 2.45) is 0 Å². The van der Waals surface area contributed by atoms with Gasteiger partial charge in [0.05, 0.1) is 18.9 Å². The van der Waals surface area contributed by atoms with E-state index in [4.69, 9.17) is 9.68 Å². The number of likely N-dealkylation sites (tertiary alicyclic amines) is 2. The zero-order valence-electron chi connectivity index (χ0n) is 15.1. The summed E-state index contributed by atoms with van der Waals surface area (Å²) in [5.41, 5.74) is 1.36. The molecule has 27 heavy (non-hydrogen) atoms. The molecule has 2 saturated heterocycles. The highest BCUT2D eigenvalue weighted by Crippen LogP contribution is 2.19. The lowest BCUT2D eigenvalue weighted by atomic mass is 10.1. The number of furan rings is 1. The van der Waals surface area contributed by atoms with Gasteiger partial charge < -0.3 is 14.6 Å². The van der Waals surface area contributed by atoms with Crippen LogP contribution < -0.4 is 5.32 Å². The van der Waals surface area contributed by atoms with E-state index in [1.807, 2.05) is 12.1 Å². The first-order chi connectivity index (χ1) is 13.1. The highest BCUT2D eigenvalue weighted by molar-refractivity contribution is 5.97. The molecule has 2 amide bonds. The fourth-order valence-corrected chi connectivity index (χ4v) is 3.95. The molecule has 1 N–H and O–H groups in total. The number of benzene rings is 1. The van der Waals surface area contributed by atoms with Crippen LogP contribution >= 0.6 is 0 Å². The third kappa shape index (κ3) is 3.67. The van der Waals surface area contributed by atoms with E-state index in [1.165, 1.54) is 0 Å². The molecule has 2 atom stereocenters. The van der Waals surface area contributed by atoms with E-state index < -0.39 is 0 Å². The van der Waals surface area contributed by atoms with Crippen molar-refractivity contribution >= 4 is 22.8 Å². The van der Waals surface area contributed by atoms with Crippen molar-refractivity contribution in [1.82, 2.24) is 15.1 Å². The van der Waals surface area contributed by atoms with Crippen molar-refractivity contribution < 1.29 is 14.0 Å². The lowest BCUT2D eigenvalue weighted by Crippen LogP contribution is -2.43. The predicted octanol–water partition coefficient (Wildman–Crippen LogP) is 1.75. The molecule has 2 fully saturated rings. The molecule has 0 aliphatic carbocycles. The molecule has 3 heterocycles. The van der Waals surface area contributed by atoms with Gasteiger partial charge in [0.1, 0.15) is 11.6 Å². The summed E-state index contributed by atoms with van der Waals surface area (Å²) >= 11 is 0. The van der Waals surface area contributed by atoms with Gasteiger partial charge in [-0.05, 0) is 43.5 Å². The minimum atomic E-state index is -0.284. The van der Waals surface area contributed by atoms with Crippen molar-refractivity contribution in [2.75, 3.05) is 26.2 Å². The second-order valence-corrected chi connectivity index (χ2v) is 7.24. The fraction of sp³-hybridized carbons (Fsp3) is 0.450. The molecule has 2 unspecified atom stereocenters. The molecule has 2 aliphatic heterocycles. The van der Waals surface area contributed by atoms with E-state index in [0.29, 0.717) is 25.2 Å². The zero-order valence-corrected chi connectivity index (χ0v) is 15.1. The summed E-state index contributed by atoms with van der Waals surface area (Å²) < 4.78 is 5.30. The fourth-order valence-electron chi connectivity index (χ4n) is 3.95. The van der Waals surface area contributed by atoms with E-state index in [1.54, 1.807) is 23.3 Å². The number of nitrogens with zero attached hydrogens (tertiary/aromatic N) is 3. The van der Waals surface area contributed by atoms with Gasteiger partial charge in [-0.2, -0.15) is 5.26 Å². The van der Waals surface area contributed by atoms with Gasteiger partial charge in [-0.3, -0.25) is 14.5 Å². The van der Waals surface area contributed by atoms with Crippen LogP contribution in [0.5, 0.6) is 0 Å². The quantitative estimate of drug-likeness (QED) is 0.890. The Morgan fingerprint density at radius 3 is 3.00 bits per heavy atom. The monoisotopic (exact) mass is 366 g/mol. The standard InChI is InChI=1S/C20H22N4O3/c21-11-17-2-1-7-24(17)19(25)13-23-8-5-16(12-23)22-20(26)15-3-4-18-14(10-15)6-9-27-18/h3-4,6,9-10,16-17H,1-2,5,7-8,12-13H2,(H,22,26). The topological polar surface area (TPSA) is 89.6 Å². The molecule has 140 valence electrons. The zero-order chi connectivity index (χ0) is 18.8. The summed E-state index contributed by atoms with van der Waals surface area (Å²) in [5, 5.41) is 13.1. The Balaban J connectivity index is 1.31. The van der Waals surface area contributed by atoms with Gasteiger partial charge in [0.25, 0.3) is 5.91 Å². The first kappa shape index (κ1) is 17.6. The number of amides is 2. The molecule has 2 aliphatic rings. The molecule has 0 bridgehead atoms. The first-order valence-corrected chi connectivity index (χ1v) is 9.33. The lowest BCUT2D eigenvalue weighted by molar-refractivity contribution is -0.132. The number of carbonyl (C=O) groups excluding carboxylic acids is 2. The maximum Gasteiger partial charge on any atom is 0.251 e. The van der Waals surface area contributed by atoms with E-state index >= 15 is 0 Å². The highest BCUT2D eigenvalue weighted by atomic mass is 16.3. The molecule has 2 aromatic rings. The van der Waals surface area contributed by atoms with Crippen LogP contribution in [0.3, 0.4) is 0 Å². The first-order valence-electron chi connectivity index (χ1n) is 9.33. The third-order valence-electron chi connectivity index (χ3n) is 5.40. The Labute approximate surface area is 157 Å². The van der Waals surface area contributed by atoms with Gasteiger partial charge in [0.2, 0.25) is 5.91 Å². The number of rotatable bonds is 4. The SMILES string of the molecule is N#CC1CCCN1C(=O)CN1CCC(NC(=O)c2ccc3occc3c2)C1. The van der Waals surface area contributed by atoms with Crippen LogP contribution in [0, 0.1) is 11.3 Å². The largest absolute Gasteiger partial charge is 0.464 e. The minimum Gasteiger partial charge on any atom is -0.464 e. The summed E-state index contributed by atoms with van der Waals surface area (Å²) in [7, 11) is 0. The maximum atomic E-state index is 12.5. The molecule has 0 saturated carbocycles. The van der Waals surface area contributed by atoms with Gasteiger partial charge >= 0.3 is 0 Å². The van der Waals surface area contributed by atoms with E-state index in [-0.39, 0.29) is 23.9 Å². The second-order valence-electron chi connectivity index (χ2n) is 7.24. The van der Waals surface area contributed by atoms with Crippen molar-refractivity contribution in [1.29, 1.82) is 5.26 Å². The molecular formula is C20H22N4O3. The van der Waals surface area contributed by atoms with Crippen LogP contribution in [0.2, 0.25) is 0 Å². The number of hydrogen-bond donors (Lipinski definition) is 1. The van der Waals surface area contributed by atoms with Gasteiger partial charge in [0.15, 0.2) is 0 Å². The van der Waals surface area contributed by atoms with Crippen molar-refractivity contribution in [3.05, 3.63) is 36.1 Å². The molecular weight excluding hydrogens is 344 g/mol. The van der Waals surface area contributed by atoms with Crippen LogP contribution in [-0.2, 0) is 4.79 Å². The van der Waals surface area contributed by atoms with E-state index in [9.17, 15) is 9.59 Å². The maximum absolute atomic E-state index is 12.5. The summed E-state index contributed by atoms with van der Waals surface area (Å²) in [6.07, 6.45) is 4.08. The molecule has 7 heteroatoms. The van der Waals surface area contributed by atoms with E-state index in [0.717, 1.165) is 36.8 Å². The second kappa shape index (κ2) is 7.41. The minimum absolute atomic E-state index is 0.0106. The van der Waals surface area contributed by atoms with Crippen LogP contribution in [0.1, 0.15) is 29.6 Å². The normalized spacial score (nSPS) is 22.9. The van der Waals surface area contributed by atoms with Crippen LogP contribution in [0.25, 0.3) is 11.0 Å². The van der Waals surface area contributed by atoms with Crippen molar-refractivity contribution in [3.63, 3.8) is 0 Å². The number of nitrogens with one attached hydrogen (secondary N) is 1. The number of hydrogen-bond acceptors (Lipinski definition) is 5. The lowest BCUT2D eigenvalue weighted by Gasteiger charge is -2.23. The Morgan fingerprint density at radius 1 is 1.26 bits per heavy atom. The smallest absolute Gasteiger partial charge is 0.251 e. The molecule has 1 aromatic heterocycles. The van der Waals surface area contributed by atoms with Crippen molar-refractivity contribution in [3.8, 4) is 6.07 Å². The van der Waals surface area contributed by atoms with Crippen molar-refractivity contribution in [2.45, 2.75) is 31.3 Å². The number of carbonyl (C=O) groups is 2. The van der Waals surface area contributed by atoms with Crippen LogP contribution in [0.4, 0.5) is 0 Å². The Hall–Kier alpha value is -2.85. The van der Waals surface area contributed by atoms with E-state index in [2.05, 4.69) is 16.3 Å². The van der Waals surface area contributed by atoms with Gasteiger partial charge in [-0.1, -0.05) is 0 Å². The average molecular weight is 366 g/mol.